The Balaban J connectivity index is 1.62. The molecule has 0 spiro atoms. The summed E-state index contributed by atoms with van der Waals surface area (Å²) in [4.78, 5) is 23.5. The zero-order valence-corrected chi connectivity index (χ0v) is 17.3. The van der Waals surface area contributed by atoms with Crippen molar-refractivity contribution in [2.24, 2.45) is 0 Å². The summed E-state index contributed by atoms with van der Waals surface area (Å²) in [6, 6.07) is 21.1. The van der Waals surface area contributed by atoms with E-state index in [4.69, 9.17) is 9.47 Å². The number of benzene rings is 3. The Morgan fingerprint density at radius 3 is 2.13 bits per heavy atom. The van der Waals surface area contributed by atoms with E-state index in [2.05, 4.69) is 4.74 Å². The van der Waals surface area contributed by atoms with Crippen LogP contribution in [0.4, 0.5) is 4.79 Å². The van der Waals surface area contributed by atoms with Gasteiger partial charge in [-0.2, -0.15) is 0 Å². The Bertz CT molecular complexity index is 1160. The predicted molar refractivity (Wildman–Crippen MR) is 111 cm³/mol. The molecule has 0 atom stereocenters. The van der Waals surface area contributed by atoms with E-state index in [1.54, 1.807) is 16.9 Å². The normalized spacial score (nSPS) is 10.7. The van der Waals surface area contributed by atoms with Crippen molar-refractivity contribution < 1.29 is 32.2 Å². The maximum Gasteiger partial charge on any atom is 0.426 e. The SMILES string of the molecule is COC(=O)c1ccccc1S(=O)(=O)NC(=O)Oc1ccc(OCc2ccccc2)cc1. The van der Waals surface area contributed by atoms with E-state index < -0.39 is 27.0 Å². The number of methoxy groups -OCH3 is 1. The zero-order chi connectivity index (χ0) is 22.3. The Kier molecular flexibility index (Phi) is 6.88. The van der Waals surface area contributed by atoms with E-state index in [9.17, 15) is 18.0 Å². The van der Waals surface area contributed by atoms with Crippen LogP contribution in [0.25, 0.3) is 0 Å². The van der Waals surface area contributed by atoms with E-state index in [1.165, 1.54) is 36.4 Å². The molecule has 1 N–H and O–H groups in total. The average Bonchev–Trinajstić information content (AvgIpc) is 2.78. The van der Waals surface area contributed by atoms with Crippen LogP contribution in [0.5, 0.6) is 11.5 Å². The van der Waals surface area contributed by atoms with Crippen molar-refractivity contribution in [2.75, 3.05) is 7.11 Å². The smallest absolute Gasteiger partial charge is 0.426 e. The first kappa shape index (κ1) is 21.8. The number of hydrogen-bond acceptors (Lipinski definition) is 7. The maximum atomic E-state index is 12.5. The molecule has 0 aliphatic carbocycles. The average molecular weight is 441 g/mol. The second kappa shape index (κ2) is 9.77. The Hall–Kier alpha value is -3.85. The van der Waals surface area contributed by atoms with Gasteiger partial charge in [-0.05, 0) is 42.0 Å². The number of carbonyl (C=O) groups is 2. The van der Waals surface area contributed by atoms with E-state index in [1.807, 2.05) is 30.3 Å². The summed E-state index contributed by atoms with van der Waals surface area (Å²) in [5.41, 5.74) is 0.796. The van der Waals surface area contributed by atoms with Crippen LogP contribution in [0.15, 0.2) is 83.8 Å². The molecule has 0 saturated heterocycles. The number of ether oxygens (including phenoxy) is 3. The summed E-state index contributed by atoms with van der Waals surface area (Å²) in [5.74, 6) is -0.183. The predicted octanol–water partition coefficient (Wildman–Crippen LogP) is 3.53. The van der Waals surface area contributed by atoms with Crippen LogP contribution in [-0.4, -0.2) is 27.6 Å². The highest BCUT2D eigenvalue weighted by Gasteiger charge is 2.25. The summed E-state index contributed by atoms with van der Waals surface area (Å²) >= 11 is 0. The Morgan fingerprint density at radius 1 is 0.839 bits per heavy atom. The third-order valence-corrected chi connectivity index (χ3v) is 5.45. The minimum absolute atomic E-state index is 0.112. The second-order valence-electron chi connectivity index (χ2n) is 6.23. The van der Waals surface area contributed by atoms with Gasteiger partial charge in [0.15, 0.2) is 0 Å². The molecule has 3 aromatic carbocycles. The van der Waals surface area contributed by atoms with Gasteiger partial charge in [0.2, 0.25) is 0 Å². The fraction of sp³-hybridized carbons (Fsp3) is 0.0909. The first-order valence-corrected chi connectivity index (χ1v) is 10.6. The fourth-order valence-electron chi connectivity index (χ4n) is 2.62. The molecular formula is C22H19NO7S. The number of nitrogens with one attached hydrogen (secondary N) is 1. The summed E-state index contributed by atoms with van der Waals surface area (Å²) in [7, 11) is -3.24. The second-order valence-corrected chi connectivity index (χ2v) is 7.88. The lowest BCUT2D eigenvalue weighted by Crippen LogP contribution is -2.34. The molecule has 8 nitrogen and oxygen atoms in total. The van der Waals surface area contributed by atoms with Gasteiger partial charge in [-0.25, -0.2) is 22.7 Å². The van der Waals surface area contributed by atoms with Gasteiger partial charge in [0.25, 0.3) is 10.0 Å². The first-order valence-electron chi connectivity index (χ1n) is 9.08. The quantitative estimate of drug-likeness (QED) is 0.559. The molecule has 3 aromatic rings. The van der Waals surface area contributed by atoms with Gasteiger partial charge >= 0.3 is 12.1 Å². The molecule has 0 fully saturated rings. The minimum atomic E-state index is -4.36. The third-order valence-electron chi connectivity index (χ3n) is 4.08. The van der Waals surface area contributed by atoms with Crippen LogP contribution >= 0.6 is 0 Å². The van der Waals surface area contributed by atoms with Gasteiger partial charge in [-0.1, -0.05) is 42.5 Å². The van der Waals surface area contributed by atoms with Crippen molar-refractivity contribution in [2.45, 2.75) is 11.5 Å². The van der Waals surface area contributed by atoms with E-state index in [0.717, 1.165) is 12.7 Å². The molecule has 1 amide bonds. The fourth-order valence-corrected chi connectivity index (χ4v) is 3.69. The van der Waals surface area contributed by atoms with Gasteiger partial charge in [0.05, 0.1) is 12.7 Å². The van der Waals surface area contributed by atoms with E-state index >= 15 is 0 Å². The van der Waals surface area contributed by atoms with Crippen LogP contribution < -0.4 is 14.2 Å². The third kappa shape index (κ3) is 5.83. The van der Waals surface area contributed by atoms with Crippen LogP contribution in [-0.2, 0) is 21.4 Å². The molecule has 0 unspecified atom stereocenters. The lowest BCUT2D eigenvalue weighted by Gasteiger charge is -2.11. The summed E-state index contributed by atoms with van der Waals surface area (Å²) < 4.78 is 42.0. The lowest BCUT2D eigenvalue weighted by atomic mass is 10.2. The summed E-state index contributed by atoms with van der Waals surface area (Å²) in [6.45, 7) is 0.374. The van der Waals surface area contributed by atoms with Crippen molar-refractivity contribution >= 4 is 22.1 Å². The van der Waals surface area contributed by atoms with E-state index in [0.29, 0.717) is 12.4 Å². The summed E-state index contributed by atoms with van der Waals surface area (Å²) in [5, 5.41) is 0. The molecule has 31 heavy (non-hydrogen) atoms. The first-order chi connectivity index (χ1) is 14.9. The van der Waals surface area contributed by atoms with Gasteiger partial charge in [0.1, 0.15) is 23.0 Å². The number of carbonyl (C=O) groups excluding carboxylic acids is 2. The maximum absolute atomic E-state index is 12.5. The van der Waals surface area contributed by atoms with E-state index in [-0.39, 0.29) is 11.3 Å². The molecule has 0 heterocycles. The standard InChI is InChI=1S/C22H19NO7S/c1-28-21(24)19-9-5-6-10-20(19)31(26,27)23-22(25)30-18-13-11-17(12-14-18)29-15-16-7-3-2-4-8-16/h2-14H,15H2,1H3,(H,23,25). The number of sulfonamides is 1. The van der Waals surface area contributed by atoms with Crippen molar-refractivity contribution in [1.82, 2.24) is 4.72 Å². The largest absolute Gasteiger partial charge is 0.489 e. The van der Waals surface area contributed by atoms with Crippen molar-refractivity contribution in [1.29, 1.82) is 0 Å². The molecule has 0 bridgehead atoms. The molecule has 0 aliphatic rings. The molecule has 160 valence electrons. The highest BCUT2D eigenvalue weighted by molar-refractivity contribution is 7.90. The van der Waals surface area contributed by atoms with Crippen molar-refractivity contribution in [3.63, 3.8) is 0 Å². The van der Waals surface area contributed by atoms with Crippen LogP contribution in [0, 0.1) is 0 Å². The van der Waals surface area contributed by atoms with Crippen molar-refractivity contribution in [3.8, 4) is 11.5 Å². The molecule has 0 aliphatic heterocycles. The molecule has 9 heteroatoms. The number of hydrogen-bond donors (Lipinski definition) is 1. The molecule has 3 rings (SSSR count). The van der Waals surface area contributed by atoms with Crippen molar-refractivity contribution in [3.05, 3.63) is 90.0 Å². The molecule has 0 radical (unpaired) electrons. The minimum Gasteiger partial charge on any atom is -0.489 e. The monoisotopic (exact) mass is 441 g/mol. The molecule has 0 aromatic heterocycles. The number of esters is 1. The molecular weight excluding hydrogens is 422 g/mol. The Labute approximate surface area is 179 Å². The zero-order valence-electron chi connectivity index (χ0n) is 16.5. The van der Waals surface area contributed by atoms with Crippen LogP contribution in [0.3, 0.4) is 0 Å². The summed E-state index contributed by atoms with van der Waals surface area (Å²) in [6.07, 6.45) is -1.22. The lowest BCUT2D eigenvalue weighted by molar-refractivity contribution is 0.0596. The highest BCUT2D eigenvalue weighted by atomic mass is 32.2. The van der Waals surface area contributed by atoms with Crippen LogP contribution in [0.2, 0.25) is 0 Å². The van der Waals surface area contributed by atoms with Gasteiger partial charge in [0, 0.05) is 0 Å². The highest BCUT2D eigenvalue weighted by Crippen LogP contribution is 2.20. The number of rotatable bonds is 7. The number of amides is 1. The van der Waals surface area contributed by atoms with Gasteiger partial charge in [-0.3, -0.25) is 0 Å². The Morgan fingerprint density at radius 2 is 1.45 bits per heavy atom. The van der Waals surface area contributed by atoms with Gasteiger partial charge < -0.3 is 14.2 Å². The molecule has 0 saturated carbocycles. The topological polar surface area (TPSA) is 108 Å². The van der Waals surface area contributed by atoms with Gasteiger partial charge in [-0.15, -0.1) is 0 Å². The van der Waals surface area contributed by atoms with Crippen LogP contribution in [0.1, 0.15) is 15.9 Å².